The average molecular weight is 411 g/mol. The van der Waals surface area contributed by atoms with Crippen molar-refractivity contribution >= 4 is 39.1 Å². The van der Waals surface area contributed by atoms with Gasteiger partial charge in [0.05, 0.1) is 0 Å². The molecule has 1 aliphatic rings. The van der Waals surface area contributed by atoms with Crippen LogP contribution >= 0.6 is 15.9 Å². The molecule has 0 radical (unpaired) electrons. The second-order valence-corrected chi connectivity index (χ2v) is 6.67. The predicted octanol–water partition coefficient (Wildman–Crippen LogP) is -1.98. The van der Waals surface area contributed by atoms with Crippen molar-refractivity contribution in [1.82, 2.24) is 0 Å². The van der Waals surface area contributed by atoms with E-state index in [1.165, 1.54) is 0 Å². The number of rotatable bonds is 5. The van der Waals surface area contributed by atoms with Crippen molar-refractivity contribution in [1.29, 1.82) is 0 Å². The van der Waals surface area contributed by atoms with Crippen LogP contribution in [0.2, 0.25) is 0 Å². The Hall–Kier alpha value is -1.04. The van der Waals surface area contributed by atoms with Crippen molar-refractivity contribution in [2.75, 3.05) is 0 Å². The number of carbonyl (C=O) groups is 4. The molecule has 0 aromatic carbocycles. The van der Waals surface area contributed by atoms with Crippen LogP contribution in [-0.2, 0) is 23.9 Å². The van der Waals surface area contributed by atoms with E-state index >= 15 is 0 Å². The predicted molar refractivity (Wildman–Crippen MR) is 81.2 cm³/mol. The first-order valence-electron chi connectivity index (χ1n) is 6.88. The lowest BCUT2D eigenvalue weighted by Gasteiger charge is -2.57. The molecule has 1 aliphatic heterocycles. The van der Waals surface area contributed by atoms with Crippen LogP contribution in [0, 0.1) is 0 Å². The summed E-state index contributed by atoms with van der Waals surface area (Å²) in [6.45, 7) is 3.24. The van der Waals surface area contributed by atoms with E-state index in [2.05, 4.69) is 15.9 Å². The maximum Gasteiger partial charge on any atom is 0.200 e. The fourth-order valence-electron chi connectivity index (χ4n) is 2.91. The molecule has 0 spiro atoms. The van der Waals surface area contributed by atoms with Gasteiger partial charge in [-0.25, -0.2) is 0 Å². The van der Waals surface area contributed by atoms with Gasteiger partial charge in [0.1, 0.15) is 12.2 Å². The van der Waals surface area contributed by atoms with Gasteiger partial charge in [-0.1, -0.05) is 15.9 Å². The lowest BCUT2D eigenvalue weighted by Crippen LogP contribution is -2.86. The minimum Gasteiger partial charge on any atom is -0.382 e. The monoisotopic (exact) mass is 410 g/mol. The van der Waals surface area contributed by atoms with Crippen molar-refractivity contribution < 1.29 is 44.3 Å². The number of ether oxygens (including phenoxy) is 1. The normalized spacial score (nSPS) is 40.7. The molecule has 1 heterocycles. The quantitative estimate of drug-likeness (QED) is 0.376. The molecule has 6 atom stereocenters. The number of ketones is 4. The Morgan fingerprint density at radius 2 is 1.33 bits per heavy atom. The molecule has 1 fully saturated rings. The summed E-state index contributed by atoms with van der Waals surface area (Å²) < 4.78 is 5.10. The van der Waals surface area contributed by atoms with E-state index in [1.54, 1.807) is 0 Å². The molecule has 10 heteroatoms. The Balaban J connectivity index is 3.86. The molecule has 24 heavy (non-hydrogen) atoms. The van der Waals surface area contributed by atoms with Crippen LogP contribution in [0.4, 0.5) is 0 Å². The van der Waals surface area contributed by atoms with Crippen LogP contribution in [0.3, 0.4) is 0 Å². The molecular weight excluding hydrogens is 392 g/mol. The largest absolute Gasteiger partial charge is 0.382 e. The van der Waals surface area contributed by atoms with Gasteiger partial charge in [-0.2, -0.15) is 0 Å². The Morgan fingerprint density at radius 3 is 1.62 bits per heavy atom. The van der Waals surface area contributed by atoms with Gasteiger partial charge in [0.15, 0.2) is 39.3 Å². The molecule has 0 aromatic rings. The molecule has 0 aromatic heterocycles. The second kappa shape index (κ2) is 6.36. The van der Waals surface area contributed by atoms with Crippen molar-refractivity contribution in [3.05, 3.63) is 0 Å². The number of hydrogen-bond donors (Lipinski definition) is 4. The number of carbonyl (C=O) groups excluding carboxylic acids is 4. The Labute approximate surface area is 145 Å². The topological polar surface area (TPSA) is 158 Å². The summed E-state index contributed by atoms with van der Waals surface area (Å²) in [4.78, 5) is 47.6. The summed E-state index contributed by atoms with van der Waals surface area (Å²) in [5.41, 5.74) is -9.67. The van der Waals surface area contributed by atoms with Crippen molar-refractivity contribution in [3.63, 3.8) is 0 Å². The zero-order valence-electron chi connectivity index (χ0n) is 13.4. The first kappa shape index (κ1) is 21.0. The molecule has 0 amide bonds. The lowest BCUT2D eigenvalue weighted by molar-refractivity contribution is -0.310. The summed E-state index contributed by atoms with van der Waals surface area (Å²) in [6.07, 6.45) is -4.22. The highest BCUT2D eigenvalue weighted by atomic mass is 79.9. The van der Waals surface area contributed by atoms with E-state index < -0.39 is 57.2 Å². The minimum atomic E-state index is -3.37. The Morgan fingerprint density at radius 1 is 0.917 bits per heavy atom. The van der Waals surface area contributed by atoms with Gasteiger partial charge in [0, 0.05) is 0 Å². The summed E-state index contributed by atoms with van der Waals surface area (Å²) in [5.74, 6) is -4.73. The van der Waals surface area contributed by atoms with Gasteiger partial charge in [-0.3, -0.25) is 19.2 Å². The van der Waals surface area contributed by atoms with Crippen molar-refractivity contribution in [2.24, 2.45) is 0 Å². The third-order valence-electron chi connectivity index (χ3n) is 4.40. The van der Waals surface area contributed by atoms with Gasteiger partial charge < -0.3 is 25.2 Å². The number of hydrogen-bond acceptors (Lipinski definition) is 9. The minimum absolute atomic E-state index is 0.740. The van der Waals surface area contributed by atoms with Crippen LogP contribution in [0.5, 0.6) is 0 Å². The molecule has 1 saturated heterocycles. The van der Waals surface area contributed by atoms with E-state index in [0.29, 0.717) is 0 Å². The average Bonchev–Trinajstić information content (AvgIpc) is 2.46. The number of halogens is 1. The highest BCUT2D eigenvalue weighted by Crippen LogP contribution is 2.48. The fraction of sp³-hybridized carbons (Fsp3) is 0.714. The number of aliphatic hydroxyl groups is 4. The molecular formula is C14H19BrO9. The Bertz CT molecular complexity index is 605. The summed E-state index contributed by atoms with van der Waals surface area (Å²) in [7, 11) is 0. The number of aliphatic hydroxyl groups excluding tert-OH is 1. The smallest absolute Gasteiger partial charge is 0.200 e. The highest BCUT2D eigenvalue weighted by Gasteiger charge is 2.78. The molecule has 1 unspecified atom stereocenters. The molecule has 4 N–H and O–H groups in total. The molecule has 0 aliphatic carbocycles. The fourth-order valence-corrected chi connectivity index (χ4v) is 3.79. The van der Waals surface area contributed by atoms with E-state index in [4.69, 9.17) is 4.74 Å². The van der Waals surface area contributed by atoms with E-state index in [9.17, 15) is 39.6 Å². The number of Topliss-reactive ketones (excluding diaryl/α,β-unsaturated/α-hetero) is 4. The molecule has 136 valence electrons. The molecule has 9 nitrogen and oxygen atoms in total. The zero-order chi connectivity index (χ0) is 19.2. The highest BCUT2D eigenvalue weighted by molar-refractivity contribution is 9.09. The number of alkyl halides is 1. The third kappa shape index (κ3) is 2.40. The van der Waals surface area contributed by atoms with Gasteiger partial charge >= 0.3 is 0 Å². The molecule has 0 saturated carbocycles. The van der Waals surface area contributed by atoms with Crippen LogP contribution in [0.25, 0.3) is 0 Å². The standard InChI is InChI=1S/C14H19BrO9/c1-5(16)9(20)10-12(21,6(2)17)14(23,8(4)19)13(22,7(3)18)11(15)24-10/h9-11,20-23H,1-4H3/t9?,10-,11-,12+,13+,14+/m1/s1. The third-order valence-corrected chi connectivity index (χ3v) is 5.27. The van der Waals surface area contributed by atoms with Gasteiger partial charge in [-0.15, -0.1) is 0 Å². The lowest BCUT2D eigenvalue weighted by atomic mass is 9.60. The van der Waals surface area contributed by atoms with E-state index in [0.717, 1.165) is 27.7 Å². The van der Waals surface area contributed by atoms with Crippen LogP contribution in [0.1, 0.15) is 27.7 Å². The van der Waals surface area contributed by atoms with Crippen LogP contribution in [-0.4, -0.2) is 77.6 Å². The maximum absolute atomic E-state index is 12.1. The van der Waals surface area contributed by atoms with E-state index in [-0.39, 0.29) is 0 Å². The van der Waals surface area contributed by atoms with Crippen LogP contribution < -0.4 is 0 Å². The van der Waals surface area contributed by atoms with Crippen LogP contribution in [0.15, 0.2) is 0 Å². The first-order valence-corrected chi connectivity index (χ1v) is 7.80. The van der Waals surface area contributed by atoms with Gasteiger partial charge in [-0.05, 0) is 27.7 Å². The SMILES string of the molecule is CC(=O)C(O)[C@H]1O[C@@H](Br)[C@@](O)(C(C)=O)[C@](O)(C(C)=O)[C@]1(O)C(C)=O. The second-order valence-electron chi connectivity index (χ2n) is 5.84. The summed E-state index contributed by atoms with van der Waals surface area (Å²) >= 11 is 2.76. The Kier molecular flexibility index (Phi) is 5.56. The summed E-state index contributed by atoms with van der Waals surface area (Å²) in [5, 5.41) is 40.5. The first-order chi connectivity index (χ1) is 10.7. The van der Waals surface area contributed by atoms with Gasteiger partial charge in [0.25, 0.3) is 0 Å². The zero-order valence-corrected chi connectivity index (χ0v) is 15.0. The van der Waals surface area contributed by atoms with Crippen molar-refractivity contribution in [2.45, 2.75) is 61.7 Å². The van der Waals surface area contributed by atoms with Crippen molar-refractivity contribution in [3.8, 4) is 0 Å². The van der Waals surface area contributed by atoms with Gasteiger partial charge in [0.2, 0.25) is 5.60 Å². The van der Waals surface area contributed by atoms with E-state index in [1.807, 2.05) is 0 Å². The molecule has 1 rings (SSSR count). The molecule has 0 bridgehead atoms. The summed E-state index contributed by atoms with van der Waals surface area (Å²) in [6, 6.07) is 0. The maximum atomic E-state index is 12.1.